The van der Waals surface area contributed by atoms with E-state index in [1.807, 2.05) is 24.3 Å². The normalized spacial score (nSPS) is 21.8. The summed E-state index contributed by atoms with van der Waals surface area (Å²) in [6, 6.07) is 9.16. The summed E-state index contributed by atoms with van der Waals surface area (Å²) in [5.74, 6) is 0.512. The lowest BCUT2D eigenvalue weighted by molar-refractivity contribution is 0.0726. The Bertz CT molecular complexity index is 850. The Labute approximate surface area is 156 Å². The van der Waals surface area contributed by atoms with Crippen LogP contribution < -0.4 is 0 Å². The Morgan fingerprint density at radius 3 is 2.88 bits per heavy atom. The van der Waals surface area contributed by atoms with Gasteiger partial charge in [-0.2, -0.15) is 0 Å². The van der Waals surface area contributed by atoms with Crippen LogP contribution >= 0.6 is 11.6 Å². The molecule has 1 aromatic heterocycles. The van der Waals surface area contributed by atoms with Gasteiger partial charge in [0, 0.05) is 18.1 Å². The molecule has 0 N–H and O–H groups in total. The summed E-state index contributed by atoms with van der Waals surface area (Å²) in [5.41, 5.74) is 1.62. The van der Waals surface area contributed by atoms with Crippen LogP contribution in [0.1, 0.15) is 21.7 Å². The maximum absolute atomic E-state index is 12.7. The number of fused-ring (bicyclic) bond motifs is 1. The minimum absolute atomic E-state index is 0.0866. The first-order chi connectivity index (χ1) is 12.5. The van der Waals surface area contributed by atoms with E-state index in [0.717, 1.165) is 5.56 Å². The maximum atomic E-state index is 12.7. The number of furan rings is 1. The number of benzene rings is 1. The van der Waals surface area contributed by atoms with Crippen LogP contribution in [0.15, 0.2) is 41.0 Å². The predicted octanol–water partition coefficient (Wildman–Crippen LogP) is 3.13. The number of carbonyl (C=O) groups is 2. The lowest BCUT2D eigenvalue weighted by Gasteiger charge is -2.22. The highest BCUT2D eigenvalue weighted by molar-refractivity contribution is 6.30. The predicted molar refractivity (Wildman–Crippen MR) is 95.3 cm³/mol. The summed E-state index contributed by atoms with van der Waals surface area (Å²) in [6.07, 6.45) is 1.61. The van der Waals surface area contributed by atoms with E-state index in [-0.39, 0.29) is 24.1 Å². The maximum Gasteiger partial charge on any atom is 0.410 e. The highest BCUT2D eigenvalue weighted by atomic mass is 35.5. The van der Waals surface area contributed by atoms with Crippen LogP contribution in [0.5, 0.6) is 0 Å². The lowest BCUT2D eigenvalue weighted by atomic mass is 10.1. The molecule has 26 heavy (non-hydrogen) atoms. The zero-order chi connectivity index (χ0) is 18.3. The minimum Gasteiger partial charge on any atom is -0.469 e. The molecule has 2 aliphatic rings. The van der Waals surface area contributed by atoms with Crippen molar-refractivity contribution in [3.8, 4) is 0 Å². The first-order valence-corrected chi connectivity index (χ1v) is 8.96. The molecule has 0 radical (unpaired) electrons. The summed E-state index contributed by atoms with van der Waals surface area (Å²) in [5, 5.41) is 0.678. The topological polar surface area (TPSA) is 63.0 Å². The first-order valence-electron chi connectivity index (χ1n) is 8.58. The fraction of sp³-hybridized carbons (Fsp3) is 0.368. The van der Waals surface area contributed by atoms with Crippen LogP contribution in [0.2, 0.25) is 5.02 Å². The Balaban J connectivity index is 1.43. The molecule has 136 valence electrons. The van der Waals surface area contributed by atoms with Gasteiger partial charge in [-0.15, -0.1) is 0 Å². The molecule has 1 aromatic carbocycles. The molecular formula is C19H19ClN2O4. The zero-order valence-corrected chi connectivity index (χ0v) is 15.1. The van der Waals surface area contributed by atoms with E-state index in [4.69, 9.17) is 20.8 Å². The second-order valence-corrected chi connectivity index (χ2v) is 7.10. The zero-order valence-electron chi connectivity index (χ0n) is 14.4. The van der Waals surface area contributed by atoms with E-state index >= 15 is 0 Å². The number of rotatable bonds is 4. The van der Waals surface area contributed by atoms with E-state index in [1.165, 1.54) is 6.26 Å². The molecule has 3 heterocycles. The number of amides is 2. The summed E-state index contributed by atoms with van der Waals surface area (Å²) in [7, 11) is 0. The summed E-state index contributed by atoms with van der Waals surface area (Å²) >= 11 is 6.02. The van der Waals surface area contributed by atoms with Crippen molar-refractivity contribution in [2.45, 2.75) is 25.5 Å². The summed E-state index contributed by atoms with van der Waals surface area (Å²) in [6.45, 7) is 3.18. The Kier molecular flexibility index (Phi) is 4.36. The van der Waals surface area contributed by atoms with Crippen molar-refractivity contribution < 1.29 is 18.7 Å². The van der Waals surface area contributed by atoms with Crippen molar-refractivity contribution in [2.75, 3.05) is 19.6 Å². The number of nitrogens with zero attached hydrogens (tertiary/aromatic N) is 2. The van der Waals surface area contributed by atoms with Gasteiger partial charge in [0.2, 0.25) is 0 Å². The fourth-order valence-corrected chi connectivity index (χ4v) is 3.86. The van der Waals surface area contributed by atoms with Crippen LogP contribution in [-0.4, -0.2) is 53.6 Å². The van der Waals surface area contributed by atoms with Gasteiger partial charge in [-0.1, -0.05) is 23.7 Å². The summed E-state index contributed by atoms with van der Waals surface area (Å²) in [4.78, 5) is 28.3. The standard InChI is InChI=1S/C19H19ClN2O4/c1-12-15(6-8-25-12)18(23)21-10-16-17(11-21)26-19(24)22(16)7-5-13-3-2-4-14(20)9-13/h2-4,6,8-9,16-17H,5,7,10-11H2,1H3/t16-,17+/m0/s1. The molecule has 0 aliphatic carbocycles. The largest absolute Gasteiger partial charge is 0.469 e. The van der Waals surface area contributed by atoms with Crippen LogP contribution in [0.4, 0.5) is 4.79 Å². The van der Waals surface area contributed by atoms with Gasteiger partial charge in [0.05, 0.1) is 24.4 Å². The fourth-order valence-electron chi connectivity index (χ4n) is 3.65. The van der Waals surface area contributed by atoms with Crippen molar-refractivity contribution in [3.63, 3.8) is 0 Å². The molecule has 0 unspecified atom stereocenters. The highest BCUT2D eigenvalue weighted by Gasteiger charge is 2.48. The van der Waals surface area contributed by atoms with Crippen LogP contribution in [0, 0.1) is 6.92 Å². The second-order valence-electron chi connectivity index (χ2n) is 6.66. The van der Waals surface area contributed by atoms with Gasteiger partial charge in [-0.25, -0.2) is 4.79 Å². The number of carbonyl (C=O) groups excluding carboxylic acids is 2. The molecular weight excluding hydrogens is 356 g/mol. The van der Waals surface area contributed by atoms with Crippen molar-refractivity contribution >= 4 is 23.6 Å². The van der Waals surface area contributed by atoms with Crippen molar-refractivity contribution in [1.82, 2.24) is 9.80 Å². The van der Waals surface area contributed by atoms with Gasteiger partial charge in [0.1, 0.15) is 11.9 Å². The third kappa shape index (κ3) is 3.05. The van der Waals surface area contributed by atoms with Gasteiger partial charge in [0.15, 0.2) is 0 Å². The van der Waals surface area contributed by atoms with E-state index in [0.29, 0.717) is 42.4 Å². The smallest absolute Gasteiger partial charge is 0.410 e. The van der Waals surface area contributed by atoms with Crippen LogP contribution in [0.3, 0.4) is 0 Å². The molecule has 2 amide bonds. The Hall–Kier alpha value is -2.47. The van der Waals surface area contributed by atoms with Gasteiger partial charge in [-0.05, 0) is 37.1 Å². The third-order valence-corrected chi connectivity index (χ3v) is 5.27. The minimum atomic E-state index is -0.311. The number of hydrogen-bond acceptors (Lipinski definition) is 4. The van der Waals surface area contributed by atoms with Gasteiger partial charge in [-0.3, -0.25) is 9.69 Å². The molecule has 7 heteroatoms. The molecule has 2 fully saturated rings. The molecule has 2 aliphatic heterocycles. The highest BCUT2D eigenvalue weighted by Crippen LogP contribution is 2.28. The second kappa shape index (κ2) is 6.68. The number of ether oxygens (including phenoxy) is 1. The van der Waals surface area contributed by atoms with Gasteiger partial charge in [0.25, 0.3) is 5.91 Å². The Morgan fingerprint density at radius 1 is 1.31 bits per heavy atom. The SMILES string of the molecule is Cc1occc1C(=O)N1C[C@H]2OC(=O)N(CCc3cccc(Cl)c3)[C@H]2C1. The first kappa shape index (κ1) is 17.0. The molecule has 6 nitrogen and oxygen atoms in total. The molecule has 0 spiro atoms. The van der Waals surface area contributed by atoms with Crippen molar-refractivity contribution in [3.05, 3.63) is 58.5 Å². The molecule has 2 atom stereocenters. The van der Waals surface area contributed by atoms with E-state index in [9.17, 15) is 9.59 Å². The third-order valence-electron chi connectivity index (χ3n) is 5.03. The number of hydrogen-bond donors (Lipinski definition) is 0. The van der Waals surface area contributed by atoms with E-state index < -0.39 is 0 Å². The molecule has 2 aromatic rings. The average Bonchev–Trinajstić information content (AvgIpc) is 3.27. The average molecular weight is 375 g/mol. The van der Waals surface area contributed by atoms with Gasteiger partial charge >= 0.3 is 6.09 Å². The molecule has 2 saturated heterocycles. The Morgan fingerprint density at radius 2 is 2.15 bits per heavy atom. The van der Waals surface area contributed by atoms with E-state index in [1.54, 1.807) is 22.8 Å². The monoisotopic (exact) mass is 374 g/mol. The molecule has 0 bridgehead atoms. The number of aryl methyl sites for hydroxylation is 1. The van der Waals surface area contributed by atoms with Crippen LogP contribution in [-0.2, 0) is 11.2 Å². The van der Waals surface area contributed by atoms with E-state index in [2.05, 4.69) is 0 Å². The van der Waals surface area contributed by atoms with Crippen LogP contribution in [0.25, 0.3) is 0 Å². The lowest BCUT2D eigenvalue weighted by Crippen LogP contribution is -2.40. The molecule has 0 saturated carbocycles. The summed E-state index contributed by atoms with van der Waals surface area (Å²) < 4.78 is 10.7. The number of halogens is 1. The molecule has 4 rings (SSSR count). The van der Waals surface area contributed by atoms with Crippen molar-refractivity contribution in [2.24, 2.45) is 0 Å². The number of likely N-dealkylation sites (tertiary alicyclic amines) is 1. The van der Waals surface area contributed by atoms with Crippen molar-refractivity contribution in [1.29, 1.82) is 0 Å². The van der Waals surface area contributed by atoms with Gasteiger partial charge < -0.3 is 14.1 Å². The quantitative estimate of drug-likeness (QED) is 0.824.